The third-order valence-electron chi connectivity index (χ3n) is 8.44. The molecule has 0 aliphatic carbocycles. The van der Waals surface area contributed by atoms with Crippen molar-refractivity contribution >= 4 is 12.1 Å². The standard InChI is InChI=1S/C31H49FN4O4/c1-31(2,3)40-30(38)36-16-11-26(28(22-36)34-29(37)33-14-10-23-12-17-39-18-13-23)21-35-15-4-5-25(20-35)19-24-6-8-27(32)9-7-24/h6-9,23,25-26,28H,4-5,10-22H2,1-3H3,(H2,33,34,37)/t25?,26-,28-/m0/s1. The molecule has 2 N–H and O–H groups in total. The summed E-state index contributed by atoms with van der Waals surface area (Å²) in [4.78, 5) is 30.1. The molecule has 3 aliphatic heterocycles. The first-order chi connectivity index (χ1) is 19.1. The molecule has 0 spiro atoms. The lowest BCUT2D eigenvalue weighted by molar-refractivity contribution is 0.0113. The van der Waals surface area contributed by atoms with E-state index in [4.69, 9.17) is 9.47 Å². The van der Waals surface area contributed by atoms with Gasteiger partial charge in [-0.3, -0.25) is 0 Å². The molecule has 3 aliphatic rings. The first-order valence-corrected chi connectivity index (χ1v) is 15.2. The normalized spacial score (nSPS) is 24.9. The van der Waals surface area contributed by atoms with Gasteiger partial charge in [-0.05, 0) is 108 Å². The molecule has 3 fully saturated rings. The largest absolute Gasteiger partial charge is 0.444 e. The number of nitrogens with zero attached hydrogens (tertiary/aromatic N) is 2. The lowest BCUT2D eigenvalue weighted by Gasteiger charge is -2.42. The Balaban J connectivity index is 1.33. The van der Waals surface area contributed by atoms with Gasteiger partial charge in [-0.25, -0.2) is 14.0 Å². The minimum Gasteiger partial charge on any atom is -0.444 e. The van der Waals surface area contributed by atoms with E-state index < -0.39 is 5.60 Å². The van der Waals surface area contributed by atoms with E-state index in [1.54, 1.807) is 17.0 Å². The zero-order chi connectivity index (χ0) is 28.5. The number of likely N-dealkylation sites (tertiary alicyclic amines) is 2. The molecule has 40 heavy (non-hydrogen) atoms. The smallest absolute Gasteiger partial charge is 0.410 e. The van der Waals surface area contributed by atoms with Crippen LogP contribution in [0.1, 0.15) is 64.9 Å². The van der Waals surface area contributed by atoms with Crippen LogP contribution in [-0.4, -0.2) is 86.0 Å². The van der Waals surface area contributed by atoms with Crippen LogP contribution >= 0.6 is 0 Å². The number of carbonyl (C=O) groups excluding carboxylic acids is 2. The van der Waals surface area contributed by atoms with E-state index in [2.05, 4.69) is 15.5 Å². The van der Waals surface area contributed by atoms with Crippen LogP contribution in [0.2, 0.25) is 0 Å². The molecule has 1 aromatic carbocycles. The zero-order valence-electron chi connectivity index (χ0n) is 24.6. The number of rotatable bonds is 8. The molecule has 224 valence electrons. The fourth-order valence-electron chi connectivity index (χ4n) is 6.29. The number of hydrogen-bond donors (Lipinski definition) is 2. The average molecular weight is 561 g/mol. The van der Waals surface area contributed by atoms with Crippen LogP contribution in [0.3, 0.4) is 0 Å². The van der Waals surface area contributed by atoms with Crippen LogP contribution in [0.5, 0.6) is 0 Å². The number of benzene rings is 1. The molecule has 3 amide bonds. The Morgan fingerprint density at radius 1 is 1.02 bits per heavy atom. The van der Waals surface area contributed by atoms with Crippen LogP contribution in [-0.2, 0) is 15.9 Å². The highest BCUT2D eigenvalue weighted by molar-refractivity contribution is 5.74. The number of amides is 3. The number of piperidine rings is 2. The van der Waals surface area contributed by atoms with Crippen LogP contribution in [0, 0.1) is 23.6 Å². The summed E-state index contributed by atoms with van der Waals surface area (Å²) in [6, 6.07) is 6.55. The monoisotopic (exact) mass is 560 g/mol. The van der Waals surface area contributed by atoms with Crippen molar-refractivity contribution in [2.75, 3.05) is 52.5 Å². The van der Waals surface area contributed by atoms with Crippen molar-refractivity contribution in [1.29, 1.82) is 0 Å². The van der Waals surface area contributed by atoms with Crippen LogP contribution in [0.4, 0.5) is 14.0 Å². The topological polar surface area (TPSA) is 83.1 Å². The maximum Gasteiger partial charge on any atom is 0.410 e. The molecule has 0 radical (unpaired) electrons. The number of ether oxygens (including phenoxy) is 2. The summed E-state index contributed by atoms with van der Waals surface area (Å²) < 4.78 is 24.4. The third-order valence-corrected chi connectivity index (χ3v) is 8.44. The van der Waals surface area contributed by atoms with Crippen molar-refractivity contribution in [3.63, 3.8) is 0 Å². The van der Waals surface area contributed by atoms with Gasteiger partial charge in [-0.15, -0.1) is 0 Å². The van der Waals surface area contributed by atoms with E-state index in [1.165, 1.54) is 12.0 Å². The van der Waals surface area contributed by atoms with E-state index in [1.807, 2.05) is 32.9 Å². The molecule has 1 unspecified atom stereocenters. The second-order valence-corrected chi connectivity index (χ2v) is 12.9. The van der Waals surface area contributed by atoms with Crippen molar-refractivity contribution in [2.24, 2.45) is 17.8 Å². The summed E-state index contributed by atoms with van der Waals surface area (Å²) in [6.07, 6.45) is 6.80. The van der Waals surface area contributed by atoms with Crippen molar-refractivity contribution in [2.45, 2.75) is 77.4 Å². The summed E-state index contributed by atoms with van der Waals surface area (Å²) in [5, 5.41) is 6.27. The summed E-state index contributed by atoms with van der Waals surface area (Å²) >= 11 is 0. The minimum atomic E-state index is -0.564. The number of hydrogen-bond acceptors (Lipinski definition) is 5. The lowest BCUT2D eigenvalue weighted by Crippen LogP contribution is -2.58. The van der Waals surface area contributed by atoms with E-state index in [-0.39, 0.29) is 29.9 Å². The van der Waals surface area contributed by atoms with Crippen molar-refractivity contribution in [1.82, 2.24) is 20.4 Å². The second-order valence-electron chi connectivity index (χ2n) is 12.9. The predicted octanol–water partition coefficient (Wildman–Crippen LogP) is 4.82. The Morgan fingerprint density at radius 3 is 2.50 bits per heavy atom. The SMILES string of the molecule is CC(C)(C)OC(=O)N1CC[C@@H](CN2CCCC(Cc3ccc(F)cc3)C2)[C@@H](NC(=O)NCCC2CCOCC2)C1. The Morgan fingerprint density at radius 2 is 1.77 bits per heavy atom. The van der Waals surface area contributed by atoms with Gasteiger partial charge in [0.25, 0.3) is 0 Å². The molecule has 0 bridgehead atoms. The first kappa shape index (κ1) is 30.6. The molecule has 0 saturated carbocycles. The number of carbonyl (C=O) groups is 2. The lowest BCUT2D eigenvalue weighted by atomic mass is 9.87. The third kappa shape index (κ3) is 9.91. The number of halogens is 1. The fourth-order valence-corrected chi connectivity index (χ4v) is 6.29. The van der Waals surface area contributed by atoms with Gasteiger partial charge in [-0.2, -0.15) is 0 Å². The molecule has 1 aromatic rings. The average Bonchev–Trinajstić information content (AvgIpc) is 2.91. The van der Waals surface area contributed by atoms with Gasteiger partial charge < -0.3 is 29.9 Å². The summed E-state index contributed by atoms with van der Waals surface area (Å²) in [5.74, 6) is 1.17. The molecule has 0 aromatic heterocycles. The highest BCUT2D eigenvalue weighted by atomic mass is 19.1. The summed E-state index contributed by atoms with van der Waals surface area (Å²) in [5.41, 5.74) is 0.613. The fraction of sp³-hybridized carbons (Fsp3) is 0.742. The molecule has 3 saturated heterocycles. The number of nitrogens with one attached hydrogen (secondary N) is 2. The summed E-state index contributed by atoms with van der Waals surface area (Å²) in [6.45, 7) is 11.9. The minimum absolute atomic E-state index is 0.151. The van der Waals surface area contributed by atoms with Crippen molar-refractivity contribution in [3.05, 3.63) is 35.6 Å². The van der Waals surface area contributed by atoms with Crippen LogP contribution in [0.15, 0.2) is 24.3 Å². The zero-order valence-corrected chi connectivity index (χ0v) is 24.6. The van der Waals surface area contributed by atoms with Crippen LogP contribution in [0.25, 0.3) is 0 Å². The Labute approximate surface area is 239 Å². The maximum atomic E-state index is 13.3. The Kier molecular flexibility index (Phi) is 11.1. The van der Waals surface area contributed by atoms with E-state index >= 15 is 0 Å². The molecule has 4 rings (SSSR count). The van der Waals surface area contributed by atoms with Crippen molar-refractivity contribution < 1.29 is 23.5 Å². The Hall–Kier alpha value is -2.39. The van der Waals surface area contributed by atoms with Gasteiger partial charge in [0.1, 0.15) is 11.4 Å². The van der Waals surface area contributed by atoms with Gasteiger partial charge in [-0.1, -0.05) is 12.1 Å². The van der Waals surface area contributed by atoms with Crippen molar-refractivity contribution in [3.8, 4) is 0 Å². The highest BCUT2D eigenvalue weighted by Gasteiger charge is 2.36. The molecule has 3 atom stereocenters. The maximum absolute atomic E-state index is 13.3. The highest BCUT2D eigenvalue weighted by Crippen LogP contribution is 2.26. The predicted molar refractivity (Wildman–Crippen MR) is 154 cm³/mol. The molecule has 3 heterocycles. The molecule has 9 heteroatoms. The van der Waals surface area contributed by atoms with Crippen LogP contribution < -0.4 is 10.6 Å². The molecular formula is C31H49FN4O4. The first-order valence-electron chi connectivity index (χ1n) is 15.2. The van der Waals surface area contributed by atoms with E-state index in [0.29, 0.717) is 31.5 Å². The van der Waals surface area contributed by atoms with Gasteiger partial charge in [0.05, 0.1) is 6.04 Å². The Bertz CT molecular complexity index is 948. The van der Waals surface area contributed by atoms with E-state index in [0.717, 1.165) is 71.4 Å². The summed E-state index contributed by atoms with van der Waals surface area (Å²) in [7, 11) is 0. The number of urea groups is 1. The van der Waals surface area contributed by atoms with Gasteiger partial charge in [0, 0.05) is 45.9 Å². The molecule has 8 nitrogen and oxygen atoms in total. The van der Waals surface area contributed by atoms with E-state index in [9.17, 15) is 14.0 Å². The molecular weight excluding hydrogens is 511 g/mol. The quantitative estimate of drug-likeness (QED) is 0.476. The second kappa shape index (κ2) is 14.5. The van der Waals surface area contributed by atoms with Gasteiger partial charge in [0.15, 0.2) is 0 Å². The van der Waals surface area contributed by atoms with Gasteiger partial charge >= 0.3 is 12.1 Å². The van der Waals surface area contributed by atoms with Gasteiger partial charge in [0.2, 0.25) is 0 Å².